The van der Waals surface area contributed by atoms with Gasteiger partial charge in [0.05, 0.1) is 24.7 Å². The Bertz CT molecular complexity index is 798. The SMILES string of the molecule is CC1(C)[C@@H](O)CC[C@@]2(C)[C@H]1CC[C@@H](COc1ccc3c(c1)OC(=O)CC3)[C@@]2(C)O. The number of benzene rings is 1. The van der Waals surface area contributed by atoms with Crippen molar-refractivity contribution in [2.24, 2.45) is 22.7 Å². The lowest BCUT2D eigenvalue weighted by Gasteiger charge is -2.63. The highest BCUT2D eigenvalue weighted by molar-refractivity contribution is 5.75. The summed E-state index contributed by atoms with van der Waals surface area (Å²) in [4.78, 5) is 11.6. The van der Waals surface area contributed by atoms with Crippen molar-refractivity contribution in [2.75, 3.05) is 6.61 Å². The number of carbonyl (C=O) groups excluding carboxylic acids is 1. The Balaban J connectivity index is 1.49. The van der Waals surface area contributed by atoms with E-state index in [1.807, 2.05) is 19.1 Å². The normalized spacial score (nSPS) is 38.6. The highest BCUT2D eigenvalue weighted by Crippen LogP contribution is 2.62. The van der Waals surface area contributed by atoms with Gasteiger partial charge >= 0.3 is 5.97 Å². The van der Waals surface area contributed by atoms with E-state index in [0.29, 0.717) is 30.9 Å². The quantitative estimate of drug-likeness (QED) is 0.593. The highest BCUT2D eigenvalue weighted by Gasteiger charge is 2.62. The van der Waals surface area contributed by atoms with Crippen LogP contribution in [0, 0.1) is 22.7 Å². The minimum Gasteiger partial charge on any atom is -0.493 e. The van der Waals surface area contributed by atoms with Gasteiger partial charge in [-0.05, 0) is 67.4 Å². The van der Waals surface area contributed by atoms with Crippen LogP contribution in [0.4, 0.5) is 0 Å². The van der Waals surface area contributed by atoms with Crippen molar-refractivity contribution >= 4 is 5.97 Å². The van der Waals surface area contributed by atoms with E-state index in [1.54, 1.807) is 6.07 Å². The van der Waals surface area contributed by atoms with Crippen LogP contribution >= 0.6 is 0 Å². The summed E-state index contributed by atoms with van der Waals surface area (Å²) in [6, 6.07) is 5.66. The number of aliphatic hydroxyl groups excluding tert-OH is 1. The van der Waals surface area contributed by atoms with Crippen LogP contribution in [0.3, 0.4) is 0 Å². The van der Waals surface area contributed by atoms with E-state index in [9.17, 15) is 15.0 Å². The van der Waals surface area contributed by atoms with E-state index in [4.69, 9.17) is 9.47 Å². The van der Waals surface area contributed by atoms with Crippen molar-refractivity contribution in [1.29, 1.82) is 0 Å². The number of aryl methyl sites for hydroxylation is 1. The fourth-order valence-electron chi connectivity index (χ4n) is 6.23. The molecule has 2 N–H and O–H groups in total. The summed E-state index contributed by atoms with van der Waals surface area (Å²) in [5.41, 5.74) is -0.313. The van der Waals surface area contributed by atoms with Gasteiger partial charge in [0.25, 0.3) is 0 Å². The molecule has 1 aromatic rings. The van der Waals surface area contributed by atoms with E-state index in [1.165, 1.54) is 0 Å². The summed E-state index contributed by atoms with van der Waals surface area (Å²) >= 11 is 0. The van der Waals surface area contributed by atoms with Crippen LogP contribution in [-0.4, -0.2) is 34.5 Å². The lowest BCUT2D eigenvalue weighted by Crippen LogP contribution is -2.64. The van der Waals surface area contributed by atoms with Gasteiger partial charge < -0.3 is 19.7 Å². The van der Waals surface area contributed by atoms with Gasteiger partial charge in [0, 0.05) is 12.0 Å². The van der Waals surface area contributed by atoms with Gasteiger partial charge in [0.2, 0.25) is 0 Å². The monoisotopic (exact) mass is 402 g/mol. The van der Waals surface area contributed by atoms with Crippen LogP contribution in [0.25, 0.3) is 0 Å². The number of hydrogen-bond donors (Lipinski definition) is 2. The van der Waals surface area contributed by atoms with Crippen LogP contribution in [0.1, 0.15) is 65.4 Å². The second-order valence-corrected chi connectivity index (χ2v) is 10.3. The summed E-state index contributed by atoms with van der Waals surface area (Å²) in [7, 11) is 0. The fourth-order valence-corrected chi connectivity index (χ4v) is 6.23. The molecule has 4 rings (SSSR count). The van der Waals surface area contributed by atoms with E-state index in [-0.39, 0.29) is 34.7 Å². The molecule has 0 bridgehead atoms. The van der Waals surface area contributed by atoms with Gasteiger partial charge in [-0.2, -0.15) is 0 Å². The number of carbonyl (C=O) groups is 1. The molecule has 160 valence electrons. The van der Waals surface area contributed by atoms with Crippen LogP contribution < -0.4 is 9.47 Å². The zero-order valence-electron chi connectivity index (χ0n) is 18.0. The Kier molecular flexibility index (Phi) is 4.98. The second-order valence-electron chi connectivity index (χ2n) is 10.3. The maximum absolute atomic E-state index is 11.7. The molecule has 1 heterocycles. The lowest BCUT2D eigenvalue weighted by atomic mass is 9.44. The third-order valence-corrected chi connectivity index (χ3v) is 8.53. The van der Waals surface area contributed by atoms with Crippen molar-refractivity contribution in [1.82, 2.24) is 0 Å². The first kappa shape index (κ1) is 20.7. The largest absolute Gasteiger partial charge is 0.493 e. The molecule has 0 aromatic heterocycles. The molecule has 2 saturated carbocycles. The van der Waals surface area contributed by atoms with Gasteiger partial charge in [-0.3, -0.25) is 4.79 Å². The molecule has 0 unspecified atom stereocenters. The Hall–Kier alpha value is -1.59. The molecule has 0 saturated heterocycles. The van der Waals surface area contributed by atoms with Gasteiger partial charge in [0.15, 0.2) is 0 Å². The summed E-state index contributed by atoms with van der Waals surface area (Å²) in [6.07, 6.45) is 4.19. The Morgan fingerprint density at radius 1 is 1.14 bits per heavy atom. The average molecular weight is 403 g/mol. The molecular formula is C24H34O5. The van der Waals surface area contributed by atoms with Gasteiger partial charge in [-0.15, -0.1) is 0 Å². The minimum atomic E-state index is -0.881. The molecule has 3 aliphatic rings. The maximum atomic E-state index is 11.7. The van der Waals surface area contributed by atoms with Crippen molar-refractivity contribution in [2.45, 2.75) is 77.9 Å². The predicted octanol–water partition coefficient (Wildman–Crippen LogP) is 3.88. The van der Waals surface area contributed by atoms with Crippen molar-refractivity contribution in [3.05, 3.63) is 23.8 Å². The minimum absolute atomic E-state index is 0.00776. The summed E-state index contributed by atoms with van der Waals surface area (Å²) in [5, 5.41) is 22.2. The topological polar surface area (TPSA) is 76.0 Å². The Morgan fingerprint density at radius 2 is 1.90 bits per heavy atom. The van der Waals surface area contributed by atoms with Crippen molar-refractivity contribution < 1.29 is 24.5 Å². The molecule has 2 fully saturated rings. The molecule has 5 atom stereocenters. The molecule has 0 radical (unpaired) electrons. The summed E-state index contributed by atoms with van der Waals surface area (Å²) in [6.45, 7) is 8.85. The first-order valence-electron chi connectivity index (χ1n) is 10.9. The van der Waals surface area contributed by atoms with Gasteiger partial charge in [-0.25, -0.2) is 0 Å². The zero-order valence-corrected chi connectivity index (χ0v) is 18.0. The van der Waals surface area contributed by atoms with Crippen molar-refractivity contribution in [3.63, 3.8) is 0 Å². The van der Waals surface area contributed by atoms with E-state index in [2.05, 4.69) is 20.8 Å². The predicted molar refractivity (Wildman–Crippen MR) is 110 cm³/mol. The van der Waals surface area contributed by atoms with Crippen LogP contribution in [0.15, 0.2) is 18.2 Å². The average Bonchev–Trinajstić information content (AvgIpc) is 2.65. The maximum Gasteiger partial charge on any atom is 0.311 e. The third kappa shape index (κ3) is 3.27. The molecular weight excluding hydrogens is 368 g/mol. The standard InChI is InChI=1S/C24H34O5/c1-22(2)19-9-7-16(24(4,27)23(19,3)12-11-20(22)25)14-28-17-8-5-15-6-10-21(26)29-18(15)13-17/h5,8,13,16,19-20,25,27H,6-7,9-12,14H2,1-4H3/t16-,19-,20-,23-,24+/m0/s1. The van der Waals surface area contributed by atoms with E-state index < -0.39 is 5.60 Å². The van der Waals surface area contributed by atoms with Crippen molar-refractivity contribution in [3.8, 4) is 11.5 Å². The molecule has 29 heavy (non-hydrogen) atoms. The Labute approximate surface area is 173 Å². The number of hydrogen-bond acceptors (Lipinski definition) is 5. The lowest BCUT2D eigenvalue weighted by molar-refractivity contribution is -0.227. The second kappa shape index (κ2) is 6.98. The highest BCUT2D eigenvalue weighted by atomic mass is 16.5. The molecule has 2 aliphatic carbocycles. The van der Waals surface area contributed by atoms with Crippen LogP contribution in [-0.2, 0) is 11.2 Å². The molecule has 1 aliphatic heterocycles. The first-order valence-corrected chi connectivity index (χ1v) is 10.9. The number of aliphatic hydroxyl groups is 2. The zero-order chi connectivity index (χ0) is 21.0. The van der Waals surface area contributed by atoms with E-state index >= 15 is 0 Å². The number of fused-ring (bicyclic) bond motifs is 2. The first-order chi connectivity index (χ1) is 13.6. The van der Waals surface area contributed by atoms with Gasteiger partial charge in [0.1, 0.15) is 11.5 Å². The fraction of sp³-hybridized carbons (Fsp3) is 0.708. The number of esters is 1. The number of ether oxygens (including phenoxy) is 2. The smallest absolute Gasteiger partial charge is 0.311 e. The van der Waals surface area contributed by atoms with Crippen LogP contribution in [0.5, 0.6) is 11.5 Å². The van der Waals surface area contributed by atoms with Gasteiger partial charge in [-0.1, -0.05) is 26.8 Å². The van der Waals surface area contributed by atoms with Crippen LogP contribution in [0.2, 0.25) is 0 Å². The summed E-state index contributed by atoms with van der Waals surface area (Å²) in [5.74, 6) is 1.33. The summed E-state index contributed by atoms with van der Waals surface area (Å²) < 4.78 is 11.4. The van der Waals surface area contributed by atoms with E-state index in [0.717, 1.165) is 31.2 Å². The Morgan fingerprint density at radius 3 is 2.66 bits per heavy atom. The molecule has 5 nitrogen and oxygen atoms in total. The molecule has 0 amide bonds. The molecule has 5 heteroatoms. The third-order valence-electron chi connectivity index (χ3n) is 8.53. The number of rotatable bonds is 3. The molecule has 1 aromatic carbocycles. The molecule has 0 spiro atoms.